The molecule has 0 aromatic heterocycles. The maximum absolute atomic E-state index is 12.2. The molecule has 2 N–H and O–H groups in total. The molecule has 1 atom stereocenters. The van der Waals surface area contributed by atoms with Gasteiger partial charge in [-0.25, -0.2) is 0 Å². The number of fused-ring (bicyclic) bond motifs is 1. The number of nitrogens with one attached hydrogen (secondary N) is 2. The molecule has 1 unspecified atom stereocenters. The van der Waals surface area contributed by atoms with Crippen molar-refractivity contribution in [3.8, 4) is 0 Å². The highest BCUT2D eigenvalue weighted by molar-refractivity contribution is 5.86. The molecule has 108 valence electrons. The van der Waals surface area contributed by atoms with Crippen LogP contribution in [-0.4, -0.2) is 32.1 Å². The molecule has 2 rings (SSSR count). The number of methoxy groups -OCH3 is 1. The number of hydrogen-bond donors (Lipinski definition) is 2. The number of hydrogen-bond acceptors (Lipinski definition) is 4. The number of rotatable bonds is 5. The van der Waals surface area contributed by atoms with Gasteiger partial charge < -0.3 is 15.4 Å². The summed E-state index contributed by atoms with van der Waals surface area (Å²) >= 11 is 0. The molecule has 0 bridgehead atoms. The first-order valence-corrected chi connectivity index (χ1v) is 6.89. The van der Waals surface area contributed by atoms with Gasteiger partial charge in [-0.15, -0.1) is 0 Å². The lowest BCUT2D eigenvalue weighted by Gasteiger charge is -2.25. The molecule has 0 aliphatic carbocycles. The van der Waals surface area contributed by atoms with Gasteiger partial charge in [0.2, 0.25) is 5.91 Å². The average molecular weight is 276 g/mol. The van der Waals surface area contributed by atoms with Crippen LogP contribution in [-0.2, 0) is 14.3 Å². The first-order valence-electron chi connectivity index (χ1n) is 6.89. The fourth-order valence-corrected chi connectivity index (χ4v) is 2.41. The van der Waals surface area contributed by atoms with Crippen molar-refractivity contribution in [1.29, 1.82) is 0 Å². The highest BCUT2D eigenvalue weighted by Crippen LogP contribution is 2.31. The quantitative estimate of drug-likeness (QED) is 0.634. The second kappa shape index (κ2) is 6.93. The van der Waals surface area contributed by atoms with Crippen LogP contribution in [0, 0.1) is 0 Å². The summed E-state index contributed by atoms with van der Waals surface area (Å²) in [6.07, 6.45) is 1.73. The molecule has 1 aromatic rings. The normalized spacial score (nSPS) is 16.8. The molecule has 5 heteroatoms. The number of amides is 1. The van der Waals surface area contributed by atoms with E-state index in [2.05, 4.69) is 15.4 Å². The Bertz CT molecular complexity index is 488. The number of para-hydroxylation sites is 1. The maximum Gasteiger partial charge on any atom is 0.305 e. The lowest BCUT2D eigenvalue weighted by atomic mass is 9.90. The summed E-state index contributed by atoms with van der Waals surface area (Å²) in [6, 6.07) is 7.89. The smallest absolute Gasteiger partial charge is 0.305 e. The van der Waals surface area contributed by atoms with Crippen LogP contribution in [0.15, 0.2) is 24.3 Å². The number of esters is 1. The number of benzene rings is 1. The Labute approximate surface area is 118 Å². The molecule has 5 nitrogen and oxygen atoms in total. The Hall–Kier alpha value is -2.04. The van der Waals surface area contributed by atoms with E-state index in [9.17, 15) is 9.59 Å². The highest BCUT2D eigenvalue weighted by Gasteiger charge is 2.25. The summed E-state index contributed by atoms with van der Waals surface area (Å²) in [4.78, 5) is 23.2. The molecular formula is C15H20N2O3. The Kier molecular flexibility index (Phi) is 4.98. The van der Waals surface area contributed by atoms with E-state index in [1.165, 1.54) is 7.11 Å². The second-order valence-electron chi connectivity index (χ2n) is 4.83. The zero-order valence-electron chi connectivity index (χ0n) is 11.6. The monoisotopic (exact) mass is 276 g/mol. The average Bonchev–Trinajstić information content (AvgIpc) is 2.50. The second-order valence-corrected chi connectivity index (χ2v) is 4.83. The number of carbonyl (C=O) groups excluding carboxylic acids is 2. The van der Waals surface area contributed by atoms with Crippen molar-refractivity contribution in [3.63, 3.8) is 0 Å². The first kappa shape index (κ1) is 14.4. The van der Waals surface area contributed by atoms with E-state index < -0.39 is 0 Å². The molecular weight excluding hydrogens is 256 g/mol. The molecule has 1 amide bonds. The standard InChI is InChI=1S/C15H20N2O3/c1-20-14(18)7-4-9-17-15(19)12-8-10-16-13-6-3-2-5-11(12)13/h2-3,5-6,12,16H,4,7-10H2,1H3,(H,17,19). The minimum absolute atomic E-state index is 0.0313. The summed E-state index contributed by atoms with van der Waals surface area (Å²) < 4.78 is 4.56. The van der Waals surface area contributed by atoms with Crippen LogP contribution < -0.4 is 10.6 Å². The van der Waals surface area contributed by atoms with E-state index in [1.807, 2.05) is 24.3 Å². The van der Waals surface area contributed by atoms with E-state index in [-0.39, 0.29) is 17.8 Å². The Balaban J connectivity index is 1.86. The van der Waals surface area contributed by atoms with Gasteiger partial charge in [0, 0.05) is 25.2 Å². The first-order chi connectivity index (χ1) is 9.72. The van der Waals surface area contributed by atoms with E-state index in [0.717, 1.165) is 24.2 Å². The zero-order valence-corrected chi connectivity index (χ0v) is 11.6. The largest absolute Gasteiger partial charge is 0.469 e. The van der Waals surface area contributed by atoms with Crippen molar-refractivity contribution < 1.29 is 14.3 Å². The molecule has 20 heavy (non-hydrogen) atoms. The molecule has 0 radical (unpaired) electrons. The van der Waals surface area contributed by atoms with Crippen LogP contribution in [0.1, 0.15) is 30.7 Å². The Morgan fingerprint density at radius 2 is 2.20 bits per heavy atom. The predicted octanol–water partition coefficient (Wildman–Crippen LogP) is 1.66. The van der Waals surface area contributed by atoms with Crippen LogP contribution in [0.4, 0.5) is 5.69 Å². The van der Waals surface area contributed by atoms with E-state index in [1.54, 1.807) is 0 Å². The summed E-state index contributed by atoms with van der Waals surface area (Å²) in [5.74, 6) is -0.319. The van der Waals surface area contributed by atoms with Crippen molar-refractivity contribution in [2.75, 3.05) is 25.5 Å². The number of anilines is 1. The molecule has 1 aromatic carbocycles. The lowest BCUT2D eigenvalue weighted by Crippen LogP contribution is -2.33. The van der Waals surface area contributed by atoms with Gasteiger partial charge in [-0.1, -0.05) is 18.2 Å². The van der Waals surface area contributed by atoms with Crippen LogP contribution in [0.3, 0.4) is 0 Å². The SMILES string of the molecule is COC(=O)CCCNC(=O)C1CCNc2ccccc21. The van der Waals surface area contributed by atoms with E-state index in [0.29, 0.717) is 19.4 Å². The van der Waals surface area contributed by atoms with Gasteiger partial charge in [-0.05, 0) is 24.5 Å². The highest BCUT2D eigenvalue weighted by atomic mass is 16.5. The summed E-state index contributed by atoms with van der Waals surface area (Å²) in [7, 11) is 1.37. The van der Waals surface area contributed by atoms with Gasteiger partial charge in [-0.2, -0.15) is 0 Å². The fourth-order valence-electron chi connectivity index (χ4n) is 2.41. The number of ether oxygens (including phenoxy) is 1. The van der Waals surface area contributed by atoms with E-state index in [4.69, 9.17) is 0 Å². The van der Waals surface area contributed by atoms with Crippen molar-refractivity contribution in [3.05, 3.63) is 29.8 Å². The molecule has 1 heterocycles. The lowest BCUT2D eigenvalue weighted by molar-refractivity contribution is -0.140. The van der Waals surface area contributed by atoms with Gasteiger partial charge in [0.25, 0.3) is 0 Å². The molecule has 0 saturated heterocycles. The Morgan fingerprint density at radius 3 is 3.00 bits per heavy atom. The molecule has 0 fully saturated rings. The zero-order chi connectivity index (χ0) is 14.4. The van der Waals surface area contributed by atoms with Crippen molar-refractivity contribution in [1.82, 2.24) is 5.32 Å². The van der Waals surface area contributed by atoms with E-state index >= 15 is 0 Å². The third-order valence-corrected chi connectivity index (χ3v) is 3.49. The third kappa shape index (κ3) is 3.50. The molecule has 0 spiro atoms. The van der Waals surface area contributed by atoms with Crippen molar-refractivity contribution in [2.45, 2.75) is 25.2 Å². The Morgan fingerprint density at radius 1 is 1.40 bits per heavy atom. The summed E-state index contributed by atoms with van der Waals surface area (Å²) in [5, 5.41) is 6.19. The summed E-state index contributed by atoms with van der Waals surface area (Å²) in [6.45, 7) is 1.30. The van der Waals surface area contributed by atoms with Crippen LogP contribution in [0.2, 0.25) is 0 Å². The van der Waals surface area contributed by atoms with Gasteiger partial charge in [-0.3, -0.25) is 9.59 Å². The fraction of sp³-hybridized carbons (Fsp3) is 0.467. The predicted molar refractivity (Wildman–Crippen MR) is 76.5 cm³/mol. The van der Waals surface area contributed by atoms with Crippen LogP contribution in [0.5, 0.6) is 0 Å². The van der Waals surface area contributed by atoms with Gasteiger partial charge in [0.05, 0.1) is 13.0 Å². The third-order valence-electron chi connectivity index (χ3n) is 3.49. The van der Waals surface area contributed by atoms with Gasteiger partial charge >= 0.3 is 5.97 Å². The topological polar surface area (TPSA) is 67.4 Å². The maximum atomic E-state index is 12.2. The van der Waals surface area contributed by atoms with Crippen LogP contribution in [0.25, 0.3) is 0 Å². The van der Waals surface area contributed by atoms with Crippen molar-refractivity contribution in [2.24, 2.45) is 0 Å². The molecule has 1 aliphatic heterocycles. The van der Waals surface area contributed by atoms with Crippen LogP contribution >= 0.6 is 0 Å². The number of carbonyl (C=O) groups is 2. The van der Waals surface area contributed by atoms with Gasteiger partial charge in [0.15, 0.2) is 0 Å². The molecule has 0 saturated carbocycles. The molecule has 1 aliphatic rings. The van der Waals surface area contributed by atoms with Gasteiger partial charge in [0.1, 0.15) is 0 Å². The summed E-state index contributed by atoms with van der Waals surface area (Å²) in [5.41, 5.74) is 2.08. The van der Waals surface area contributed by atoms with Crippen molar-refractivity contribution >= 4 is 17.6 Å². The minimum Gasteiger partial charge on any atom is -0.469 e. The minimum atomic E-state index is -0.244.